The van der Waals surface area contributed by atoms with Gasteiger partial charge in [-0.2, -0.15) is 0 Å². The number of nitrogens with one attached hydrogen (secondary N) is 1. The molecule has 1 rings (SSSR count). The van der Waals surface area contributed by atoms with Crippen LogP contribution in [0.3, 0.4) is 0 Å². The van der Waals surface area contributed by atoms with Gasteiger partial charge in [-0.25, -0.2) is 0 Å². The molecule has 17 heavy (non-hydrogen) atoms. The van der Waals surface area contributed by atoms with Crippen molar-refractivity contribution in [3.05, 3.63) is 12.2 Å². The maximum atomic E-state index is 4.04. The van der Waals surface area contributed by atoms with Crippen LogP contribution in [0.1, 0.15) is 65.7 Å². The summed E-state index contributed by atoms with van der Waals surface area (Å²) >= 11 is 0. The zero-order valence-electron chi connectivity index (χ0n) is 12.3. The smallest absolute Gasteiger partial charge is 0.0124 e. The van der Waals surface area contributed by atoms with Crippen molar-refractivity contribution in [2.75, 3.05) is 7.05 Å². The van der Waals surface area contributed by atoms with Crippen LogP contribution in [0.5, 0.6) is 0 Å². The standard InChI is InChI=1S/C16H31N/c1-13(2)8-9-15(17-5)16(12-14(3)4)10-6-7-11-16/h14-15,17H,1,6-12H2,2-5H3. The molecule has 0 aliphatic heterocycles. The predicted octanol–water partition coefficient (Wildman–Crippen LogP) is 4.54. The molecule has 0 aromatic rings. The third-order valence-electron chi connectivity index (χ3n) is 4.36. The Kier molecular flexibility index (Phi) is 5.72. The molecule has 1 saturated carbocycles. The Morgan fingerprint density at radius 2 is 1.88 bits per heavy atom. The van der Waals surface area contributed by atoms with Gasteiger partial charge in [0.05, 0.1) is 0 Å². The highest BCUT2D eigenvalue weighted by molar-refractivity contribution is 4.98. The third-order valence-corrected chi connectivity index (χ3v) is 4.36. The number of rotatable bonds is 7. The molecule has 0 spiro atoms. The average Bonchev–Trinajstić information content (AvgIpc) is 2.66. The first-order chi connectivity index (χ1) is 8.00. The summed E-state index contributed by atoms with van der Waals surface area (Å²) in [5, 5.41) is 3.60. The molecule has 0 amide bonds. The van der Waals surface area contributed by atoms with E-state index in [4.69, 9.17) is 0 Å². The van der Waals surface area contributed by atoms with E-state index < -0.39 is 0 Å². The molecule has 1 aliphatic carbocycles. The van der Waals surface area contributed by atoms with Crippen molar-refractivity contribution in [1.29, 1.82) is 0 Å². The lowest BCUT2D eigenvalue weighted by Crippen LogP contribution is -2.43. The summed E-state index contributed by atoms with van der Waals surface area (Å²) in [6.45, 7) is 10.9. The Labute approximate surface area is 108 Å². The van der Waals surface area contributed by atoms with Gasteiger partial charge in [0.2, 0.25) is 0 Å². The zero-order valence-corrected chi connectivity index (χ0v) is 12.3. The molecule has 1 aliphatic rings. The van der Waals surface area contributed by atoms with Crippen molar-refractivity contribution >= 4 is 0 Å². The zero-order chi connectivity index (χ0) is 12.9. The summed E-state index contributed by atoms with van der Waals surface area (Å²) in [6, 6.07) is 0.684. The van der Waals surface area contributed by atoms with Crippen LogP contribution >= 0.6 is 0 Å². The fourth-order valence-corrected chi connectivity index (χ4v) is 3.73. The van der Waals surface area contributed by atoms with Crippen LogP contribution in [-0.4, -0.2) is 13.1 Å². The van der Waals surface area contributed by atoms with Crippen molar-refractivity contribution in [2.45, 2.75) is 71.8 Å². The Hall–Kier alpha value is -0.300. The summed E-state index contributed by atoms with van der Waals surface area (Å²) in [5.74, 6) is 0.814. The van der Waals surface area contributed by atoms with Gasteiger partial charge in [0.25, 0.3) is 0 Å². The summed E-state index contributed by atoms with van der Waals surface area (Å²) in [4.78, 5) is 0. The van der Waals surface area contributed by atoms with Crippen molar-refractivity contribution in [2.24, 2.45) is 11.3 Å². The first-order valence-electron chi connectivity index (χ1n) is 7.32. The van der Waals surface area contributed by atoms with Gasteiger partial charge < -0.3 is 5.32 Å². The summed E-state index contributed by atoms with van der Waals surface area (Å²) in [7, 11) is 2.14. The number of hydrogen-bond donors (Lipinski definition) is 1. The highest BCUT2D eigenvalue weighted by Crippen LogP contribution is 2.47. The van der Waals surface area contributed by atoms with Crippen LogP contribution in [0.25, 0.3) is 0 Å². The van der Waals surface area contributed by atoms with Crippen molar-refractivity contribution in [1.82, 2.24) is 5.32 Å². The van der Waals surface area contributed by atoms with Crippen LogP contribution in [0.4, 0.5) is 0 Å². The highest BCUT2D eigenvalue weighted by Gasteiger charge is 2.40. The van der Waals surface area contributed by atoms with E-state index in [0.717, 1.165) is 5.92 Å². The summed E-state index contributed by atoms with van der Waals surface area (Å²) < 4.78 is 0. The monoisotopic (exact) mass is 237 g/mol. The topological polar surface area (TPSA) is 12.0 Å². The van der Waals surface area contributed by atoms with Crippen LogP contribution in [0, 0.1) is 11.3 Å². The Morgan fingerprint density at radius 1 is 1.29 bits per heavy atom. The van der Waals surface area contributed by atoms with E-state index in [2.05, 4.69) is 39.7 Å². The number of allylic oxidation sites excluding steroid dienone is 1. The van der Waals surface area contributed by atoms with Crippen molar-refractivity contribution < 1.29 is 0 Å². The molecule has 0 heterocycles. The first-order valence-corrected chi connectivity index (χ1v) is 7.32. The fourth-order valence-electron chi connectivity index (χ4n) is 3.73. The van der Waals surface area contributed by atoms with Gasteiger partial charge in [-0.3, -0.25) is 0 Å². The van der Waals surface area contributed by atoms with Crippen LogP contribution in [0.2, 0.25) is 0 Å². The van der Waals surface area contributed by atoms with E-state index in [0.29, 0.717) is 11.5 Å². The lowest BCUT2D eigenvalue weighted by Gasteiger charge is -2.39. The van der Waals surface area contributed by atoms with E-state index >= 15 is 0 Å². The van der Waals surface area contributed by atoms with Gasteiger partial charge in [-0.1, -0.05) is 32.3 Å². The Bertz CT molecular complexity index is 236. The molecule has 1 N–H and O–H groups in total. The third kappa shape index (κ3) is 4.13. The second-order valence-corrected chi connectivity index (χ2v) is 6.50. The largest absolute Gasteiger partial charge is 0.316 e. The minimum atomic E-state index is 0.568. The van der Waals surface area contributed by atoms with E-state index in [9.17, 15) is 0 Å². The molecule has 0 bridgehead atoms. The van der Waals surface area contributed by atoms with Gasteiger partial charge >= 0.3 is 0 Å². The lowest BCUT2D eigenvalue weighted by molar-refractivity contribution is 0.154. The normalized spacial score (nSPS) is 20.8. The molecular formula is C16H31N. The van der Waals surface area contributed by atoms with E-state index in [1.54, 1.807) is 0 Å². The van der Waals surface area contributed by atoms with E-state index in [1.807, 2.05) is 0 Å². The molecule has 1 heteroatoms. The maximum absolute atomic E-state index is 4.04. The lowest BCUT2D eigenvalue weighted by atomic mass is 9.71. The minimum absolute atomic E-state index is 0.568. The van der Waals surface area contributed by atoms with Crippen LogP contribution in [0.15, 0.2) is 12.2 Å². The van der Waals surface area contributed by atoms with Crippen LogP contribution < -0.4 is 5.32 Å². The Morgan fingerprint density at radius 3 is 2.29 bits per heavy atom. The van der Waals surface area contributed by atoms with Crippen molar-refractivity contribution in [3.63, 3.8) is 0 Å². The number of hydrogen-bond acceptors (Lipinski definition) is 1. The van der Waals surface area contributed by atoms with E-state index in [1.165, 1.54) is 50.5 Å². The molecule has 1 fully saturated rings. The molecule has 1 nitrogen and oxygen atoms in total. The fraction of sp³-hybridized carbons (Fsp3) is 0.875. The molecule has 0 radical (unpaired) electrons. The molecule has 1 atom stereocenters. The van der Waals surface area contributed by atoms with Crippen LogP contribution in [-0.2, 0) is 0 Å². The maximum Gasteiger partial charge on any atom is 0.0124 e. The van der Waals surface area contributed by atoms with Gasteiger partial charge in [-0.15, -0.1) is 6.58 Å². The second kappa shape index (κ2) is 6.58. The minimum Gasteiger partial charge on any atom is -0.316 e. The van der Waals surface area contributed by atoms with Gasteiger partial charge in [0.15, 0.2) is 0 Å². The predicted molar refractivity (Wildman–Crippen MR) is 77.3 cm³/mol. The molecule has 0 saturated heterocycles. The van der Waals surface area contributed by atoms with Gasteiger partial charge in [-0.05, 0) is 57.4 Å². The second-order valence-electron chi connectivity index (χ2n) is 6.50. The first kappa shape index (κ1) is 14.8. The molecule has 1 unspecified atom stereocenters. The van der Waals surface area contributed by atoms with Gasteiger partial charge in [0, 0.05) is 6.04 Å². The van der Waals surface area contributed by atoms with Gasteiger partial charge in [0.1, 0.15) is 0 Å². The molecule has 0 aromatic carbocycles. The summed E-state index contributed by atoms with van der Waals surface area (Å²) in [6.07, 6.45) is 9.52. The SMILES string of the molecule is C=C(C)CCC(NC)C1(CC(C)C)CCCC1. The molecular weight excluding hydrogens is 206 g/mol. The average molecular weight is 237 g/mol. The summed E-state index contributed by atoms with van der Waals surface area (Å²) in [5.41, 5.74) is 1.89. The molecule has 0 aromatic heterocycles. The van der Waals surface area contributed by atoms with Crippen molar-refractivity contribution in [3.8, 4) is 0 Å². The highest BCUT2D eigenvalue weighted by atomic mass is 14.9. The Balaban J connectivity index is 2.68. The van der Waals surface area contributed by atoms with E-state index in [-0.39, 0.29) is 0 Å². The molecule has 100 valence electrons. The quantitative estimate of drug-likeness (QED) is 0.641.